The standard InChI is InChI=1S/C25H18Cl3N3O4/c1-14-2-3-18(11-20(14)26)30-23(33)13-35-24-21(27)9-15(10-22(24)28)8-16(12-29)25(34)31-17-4-6-19(32)7-5-17/h2-11,32H,13H2,1H3,(H,30,33)(H,31,34)/b16-8+. The Morgan fingerprint density at radius 3 is 2.20 bits per heavy atom. The zero-order chi connectivity index (χ0) is 25.5. The molecule has 3 N–H and O–H groups in total. The molecule has 0 fully saturated rings. The molecule has 3 aromatic rings. The first kappa shape index (κ1) is 25.9. The molecule has 0 heterocycles. The molecule has 35 heavy (non-hydrogen) atoms. The number of phenols is 1. The van der Waals surface area contributed by atoms with Crippen LogP contribution in [0, 0.1) is 18.3 Å². The first-order valence-corrected chi connectivity index (χ1v) is 11.2. The average Bonchev–Trinajstić information content (AvgIpc) is 2.80. The molecule has 10 heteroatoms. The predicted octanol–water partition coefficient (Wildman–Crippen LogP) is 6.22. The van der Waals surface area contributed by atoms with Crippen LogP contribution in [0.2, 0.25) is 15.1 Å². The number of ether oxygens (including phenoxy) is 1. The number of anilines is 2. The molecule has 3 rings (SSSR count). The van der Waals surface area contributed by atoms with Gasteiger partial charge in [-0.25, -0.2) is 0 Å². The fraction of sp³-hybridized carbons (Fsp3) is 0.0800. The van der Waals surface area contributed by atoms with Crippen molar-refractivity contribution in [3.8, 4) is 17.6 Å². The molecule has 0 aliphatic rings. The third kappa shape index (κ3) is 7.14. The number of amides is 2. The molecular formula is C25H18Cl3N3O4. The predicted molar refractivity (Wildman–Crippen MR) is 137 cm³/mol. The van der Waals surface area contributed by atoms with Crippen molar-refractivity contribution in [2.24, 2.45) is 0 Å². The quantitative estimate of drug-likeness (QED) is 0.191. The zero-order valence-corrected chi connectivity index (χ0v) is 20.5. The van der Waals surface area contributed by atoms with E-state index in [4.69, 9.17) is 39.5 Å². The lowest BCUT2D eigenvalue weighted by Gasteiger charge is -2.12. The minimum Gasteiger partial charge on any atom is -0.508 e. The van der Waals surface area contributed by atoms with Crippen molar-refractivity contribution in [1.29, 1.82) is 5.26 Å². The van der Waals surface area contributed by atoms with E-state index in [9.17, 15) is 20.0 Å². The molecule has 2 amide bonds. The number of hydrogen-bond acceptors (Lipinski definition) is 5. The lowest BCUT2D eigenvalue weighted by Crippen LogP contribution is -2.20. The van der Waals surface area contributed by atoms with Gasteiger partial charge >= 0.3 is 0 Å². The monoisotopic (exact) mass is 529 g/mol. The highest BCUT2D eigenvalue weighted by molar-refractivity contribution is 6.37. The maximum atomic E-state index is 12.4. The number of halogens is 3. The molecule has 0 saturated heterocycles. The second-order valence-electron chi connectivity index (χ2n) is 7.29. The fourth-order valence-electron chi connectivity index (χ4n) is 2.86. The Hall–Kier alpha value is -3.70. The Morgan fingerprint density at radius 1 is 0.971 bits per heavy atom. The molecule has 0 spiro atoms. The van der Waals surface area contributed by atoms with Crippen LogP contribution < -0.4 is 15.4 Å². The Bertz CT molecular complexity index is 1330. The van der Waals surface area contributed by atoms with Crippen molar-refractivity contribution < 1.29 is 19.4 Å². The summed E-state index contributed by atoms with van der Waals surface area (Å²) in [5.41, 5.74) is 1.98. The number of benzene rings is 3. The van der Waals surface area contributed by atoms with Crippen LogP contribution in [0.25, 0.3) is 6.08 Å². The molecule has 0 aliphatic carbocycles. The Kier molecular flexibility index (Phi) is 8.61. The zero-order valence-electron chi connectivity index (χ0n) is 18.2. The van der Waals surface area contributed by atoms with E-state index in [0.717, 1.165) is 5.56 Å². The van der Waals surface area contributed by atoms with Gasteiger partial charge in [-0.2, -0.15) is 5.26 Å². The summed E-state index contributed by atoms with van der Waals surface area (Å²) in [6.07, 6.45) is 1.31. The van der Waals surface area contributed by atoms with Gasteiger partial charge in [-0.05, 0) is 72.7 Å². The van der Waals surface area contributed by atoms with Gasteiger partial charge < -0.3 is 20.5 Å². The van der Waals surface area contributed by atoms with Gasteiger partial charge in [-0.3, -0.25) is 9.59 Å². The van der Waals surface area contributed by atoms with Gasteiger partial charge in [0.2, 0.25) is 0 Å². The van der Waals surface area contributed by atoms with Crippen LogP contribution in [-0.4, -0.2) is 23.5 Å². The number of nitrogens with zero attached hydrogens (tertiary/aromatic N) is 1. The van der Waals surface area contributed by atoms with E-state index < -0.39 is 11.8 Å². The molecule has 7 nitrogen and oxygen atoms in total. The van der Waals surface area contributed by atoms with Crippen molar-refractivity contribution in [1.82, 2.24) is 0 Å². The highest BCUT2D eigenvalue weighted by atomic mass is 35.5. The molecule has 0 bridgehead atoms. The van der Waals surface area contributed by atoms with Gasteiger partial charge in [0.1, 0.15) is 17.4 Å². The van der Waals surface area contributed by atoms with Crippen LogP contribution in [0.1, 0.15) is 11.1 Å². The highest BCUT2D eigenvalue weighted by Gasteiger charge is 2.14. The van der Waals surface area contributed by atoms with E-state index >= 15 is 0 Å². The number of carbonyl (C=O) groups is 2. The Labute approximate surface area is 216 Å². The normalized spacial score (nSPS) is 10.9. The number of nitrogens with one attached hydrogen (secondary N) is 2. The fourth-order valence-corrected chi connectivity index (χ4v) is 3.66. The number of phenolic OH excluding ortho intramolecular Hbond substituents is 1. The molecular weight excluding hydrogens is 513 g/mol. The highest BCUT2D eigenvalue weighted by Crippen LogP contribution is 2.35. The molecule has 0 aromatic heterocycles. The lowest BCUT2D eigenvalue weighted by atomic mass is 10.1. The van der Waals surface area contributed by atoms with Crippen LogP contribution in [0.3, 0.4) is 0 Å². The minimum absolute atomic E-state index is 0.0441. The molecule has 178 valence electrons. The molecule has 3 aromatic carbocycles. The lowest BCUT2D eigenvalue weighted by molar-refractivity contribution is -0.118. The first-order chi connectivity index (χ1) is 16.7. The number of hydrogen-bond donors (Lipinski definition) is 3. The summed E-state index contributed by atoms with van der Waals surface area (Å²) in [5.74, 6) is -0.977. The van der Waals surface area contributed by atoms with Gasteiger partial charge in [0.05, 0.1) is 10.0 Å². The van der Waals surface area contributed by atoms with Crippen LogP contribution in [0.15, 0.2) is 60.2 Å². The minimum atomic E-state index is -0.654. The summed E-state index contributed by atoms with van der Waals surface area (Å²) in [4.78, 5) is 24.7. The second kappa shape index (κ2) is 11.6. The summed E-state index contributed by atoms with van der Waals surface area (Å²) >= 11 is 18.6. The SMILES string of the molecule is Cc1ccc(NC(=O)COc2c(Cl)cc(/C=C(\C#N)C(=O)Nc3ccc(O)cc3)cc2Cl)cc1Cl. The summed E-state index contributed by atoms with van der Waals surface area (Å²) in [5, 5.41) is 24.7. The van der Waals surface area contributed by atoms with Gasteiger partial charge in [0.15, 0.2) is 12.4 Å². The second-order valence-corrected chi connectivity index (χ2v) is 8.51. The number of aryl methyl sites for hydroxylation is 1. The smallest absolute Gasteiger partial charge is 0.266 e. The third-order valence-electron chi connectivity index (χ3n) is 4.63. The molecule has 0 aliphatic heterocycles. The maximum absolute atomic E-state index is 12.4. The first-order valence-electron chi connectivity index (χ1n) is 10.1. The number of rotatable bonds is 7. The third-order valence-corrected chi connectivity index (χ3v) is 5.59. The van der Waals surface area contributed by atoms with Gasteiger partial charge in [0, 0.05) is 16.4 Å². The van der Waals surface area contributed by atoms with Crippen molar-refractivity contribution in [3.63, 3.8) is 0 Å². The van der Waals surface area contributed by atoms with Crippen molar-refractivity contribution >= 4 is 64.1 Å². The van der Waals surface area contributed by atoms with E-state index in [1.165, 1.54) is 42.5 Å². The van der Waals surface area contributed by atoms with E-state index in [2.05, 4.69) is 10.6 Å². The average molecular weight is 531 g/mol. The maximum Gasteiger partial charge on any atom is 0.266 e. The van der Waals surface area contributed by atoms with Crippen LogP contribution in [-0.2, 0) is 9.59 Å². The van der Waals surface area contributed by atoms with Crippen molar-refractivity contribution in [2.45, 2.75) is 6.92 Å². The number of nitriles is 1. The topological polar surface area (TPSA) is 111 Å². The van der Waals surface area contributed by atoms with Gasteiger partial charge in [-0.15, -0.1) is 0 Å². The van der Waals surface area contributed by atoms with Crippen molar-refractivity contribution in [2.75, 3.05) is 17.2 Å². The summed E-state index contributed by atoms with van der Waals surface area (Å²) in [6.45, 7) is 1.49. The molecule has 0 atom stereocenters. The number of carbonyl (C=O) groups excluding carboxylic acids is 2. The van der Waals surface area contributed by atoms with Gasteiger partial charge in [0.25, 0.3) is 11.8 Å². The van der Waals surface area contributed by atoms with E-state index in [1.807, 2.05) is 13.0 Å². The molecule has 0 saturated carbocycles. The largest absolute Gasteiger partial charge is 0.508 e. The van der Waals surface area contributed by atoms with E-state index in [1.54, 1.807) is 18.2 Å². The summed E-state index contributed by atoms with van der Waals surface area (Å²) < 4.78 is 5.48. The van der Waals surface area contributed by atoms with Crippen LogP contribution in [0.4, 0.5) is 11.4 Å². The number of aromatic hydroxyl groups is 1. The van der Waals surface area contributed by atoms with E-state index in [-0.39, 0.29) is 33.7 Å². The van der Waals surface area contributed by atoms with Crippen LogP contribution in [0.5, 0.6) is 11.5 Å². The molecule has 0 unspecified atom stereocenters. The van der Waals surface area contributed by atoms with E-state index in [0.29, 0.717) is 22.0 Å². The Balaban J connectivity index is 1.68. The van der Waals surface area contributed by atoms with Crippen molar-refractivity contribution in [3.05, 3.63) is 86.4 Å². The molecule has 0 radical (unpaired) electrons. The Morgan fingerprint density at radius 2 is 1.60 bits per heavy atom. The van der Waals surface area contributed by atoms with Crippen LogP contribution >= 0.6 is 34.8 Å². The summed E-state index contributed by atoms with van der Waals surface area (Å²) in [7, 11) is 0. The van der Waals surface area contributed by atoms with Gasteiger partial charge in [-0.1, -0.05) is 40.9 Å². The summed E-state index contributed by atoms with van der Waals surface area (Å²) in [6, 6.07) is 15.6.